The molecule has 0 unspecified atom stereocenters. The zero-order valence-electron chi connectivity index (χ0n) is 13.9. The molecule has 6 nitrogen and oxygen atoms in total. The maximum atomic E-state index is 12.0. The number of hydrogen-bond donors (Lipinski definition) is 1. The van der Waals surface area contributed by atoms with Gasteiger partial charge >= 0.3 is 0 Å². The molecule has 0 aliphatic rings. The van der Waals surface area contributed by atoms with Crippen LogP contribution >= 0.6 is 0 Å². The standard InChI is InChI=1S/C19H19N3O3/c1-24-18-5-3-2-4-15(18)12-21-19(23)13-25-17-8-6-16(7-9-17)22-11-10-20-14-22/h2-11,14H,12-13H2,1H3,(H,21,23). The quantitative estimate of drug-likeness (QED) is 0.720. The van der Waals surface area contributed by atoms with Crippen LogP contribution in [0.1, 0.15) is 5.56 Å². The van der Waals surface area contributed by atoms with Crippen molar-refractivity contribution in [2.75, 3.05) is 13.7 Å². The Hall–Kier alpha value is -3.28. The highest BCUT2D eigenvalue weighted by Gasteiger charge is 2.06. The predicted octanol–water partition coefficient (Wildman–Crippen LogP) is 2.58. The van der Waals surface area contributed by atoms with Gasteiger partial charge in [0.1, 0.15) is 11.5 Å². The van der Waals surface area contributed by atoms with Gasteiger partial charge in [-0.05, 0) is 30.3 Å². The highest BCUT2D eigenvalue weighted by molar-refractivity contribution is 5.77. The van der Waals surface area contributed by atoms with E-state index >= 15 is 0 Å². The Labute approximate surface area is 146 Å². The first-order valence-electron chi connectivity index (χ1n) is 7.86. The lowest BCUT2D eigenvalue weighted by Gasteiger charge is -2.10. The van der Waals surface area contributed by atoms with Crippen LogP contribution in [0.5, 0.6) is 11.5 Å². The van der Waals surface area contributed by atoms with Crippen molar-refractivity contribution >= 4 is 5.91 Å². The first-order valence-corrected chi connectivity index (χ1v) is 7.86. The monoisotopic (exact) mass is 337 g/mol. The van der Waals surface area contributed by atoms with Gasteiger partial charge in [0.2, 0.25) is 0 Å². The molecule has 0 saturated carbocycles. The van der Waals surface area contributed by atoms with Gasteiger partial charge < -0.3 is 19.4 Å². The third-order valence-electron chi connectivity index (χ3n) is 3.68. The fourth-order valence-corrected chi connectivity index (χ4v) is 2.37. The van der Waals surface area contributed by atoms with E-state index in [-0.39, 0.29) is 12.5 Å². The number of benzene rings is 2. The summed E-state index contributed by atoms with van der Waals surface area (Å²) in [6.45, 7) is 0.353. The predicted molar refractivity (Wildman–Crippen MR) is 93.9 cm³/mol. The minimum atomic E-state index is -0.190. The smallest absolute Gasteiger partial charge is 0.258 e. The molecule has 0 bridgehead atoms. The van der Waals surface area contributed by atoms with Crippen molar-refractivity contribution < 1.29 is 14.3 Å². The van der Waals surface area contributed by atoms with Crippen molar-refractivity contribution in [3.63, 3.8) is 0 Å². The molecule has 0 radical (unpaired) electrons. The molecule has 1 N–H and O–H groups in total. The maximum Gasteiger partial charge on any atom is 0.258 e. The first kappa shape index (κ1) is 16.6. The van der Waals surface area contributed by atoms with E-state index < -0.39 is 0 Å². The number of nitrogens with zero attached hydrogens (tertiary/aromatic N) is 2. The second-order valence-electron chi connectivity index (χ2n) is 5.34. The van der Waals surface area contributed by atoms with Gasteiger partial charge in [0.05, 0.1) is 13.4 Å². The number of nitrogens with one attached hydrogen (secondary N) is 1. The summed E-state index contributed by atoms with van der Waals surface area (Å²) in [7, 11) is 1.61. The largest absolute Gasteiger partial charge is 0.496 e. The van der Waals surface area contributed by atoms with Crippen LogP contribution in [0.3, 0.4) is 0 Å². The van der Waals surface area contributed by atoms with E-state index in [2.05, 4.69) is 10.3 Å². The molecular weight excluding hydrogens is 318 g/mol. The minimum Gasteiger partial charge on any atom is -0.496 e. The van der Waals surface area contributed by atoms with Crippen LogP contribution in [-0.2, 0) is 11.3 Å². The van der Waals surface area contributed by atoms with Gasteiger partial charge in [0.15, 0.2) is 6.61 Å². The highest BCUT2D eigenvalue weighted by atomic mass is 16.5. The molecule has 3 rings (SSSR count). The van der Waals surface area contributed by atoms with Gasteiger partial charge in [-0.2, -0.15) is 0 Å². The second-order valence-corrected chi connectivity index (χ2v) is 5.34. The van der Waals surface area contributed by atoms with Crippen LogP contribution in [0.2, 0.25) is 0 Å². The SMILES string of the molecule is COc1ccccc1CNC(=O)COc1ccc(-n2ccnc2)cc1. The summed E-state index contributed by atoms with van der Waals surface area (Å²) in [5, 5.41) is 2.82. The van der Waals surface area contributed by atoms with Crippen LogP contribution in [0.25, 0.3) is 5.69 Å². The van der Waals surface area contributed by atoms with E-state index in [1.807, 2.05) is 59.3 Å². The van der Waals surface area contributed by atoms with E-state index in [1.165, 1.54) is 0 Å². The minimum absolute atomic E-state index is 0.0421. The number of carbonyl (C=O) groups is 1. The van der Waals surface area contributed by atoms with Crippen molar-refractivity contribution in [1.29, 1.82) is 0 Å². The fourth-order valence-electron chi connectivity index (χ4n) is 2.37. The van der Waals surface area contributed by atoms with Crippen LogP contribution in [0.15, 0.2) is 67.3 Å². The number of rotatable bonds is 7. The molecule has 0 aliphatic carbocycles. The number of carbonyl (C=O) groups excluding carboxylic acids is 1. The van der Waals surface area contributed by atoms with Crippen molar-refractivity contribution in [2.45, 2.75) is 6.54 Å². The molecule has 128 valence electrons. The zero-order valence-corrected chi connectivity index (χ0v) is 13.9. The first-order chi connectivity index (χ1) is 12.3. The Morgan fingerprint density at radius 2 is 1.96 bits per heavy atom. The summed E-state index contributed by atoms with van der Waals surface area (Å²) < 4.78 is 12.7. The molecule has 6 heteroatoms. The van der Waals surface area contributed by atoms with Gasteiger partial charge in [-0.25, -0.2) is 4.98 Å². The molecule has 1 aromatic heterocycles. The molecule has 0 fully saturated rings. The lowest BCUT2D eigenvalue weighted by atomic mass is 10.2. The molecular formula is C19H19N3O3. The van der Waals surface area contributed by atoms with Crippen LogP contribution < -0.4 is 14.8 Å². The van der Waals surface area contributed by atoms with Crippen LogP contribution in [0, 0.1) is 0 Å². The molecule has 25 heavy (non-hydrogen) atoms. The number of aromatic nitrogens is 2. The third kappa shape index (κ3) is 4.38. The van der Waals surface area contributed by atoms with Crippen molar-refractivity contribution in [1.82, 2.24) is 14.9 Å². The second kappa shape index (κ2) is 8.01. The summed E-state index contributed by atoms with van der Waals surface area (Å²) in [6, 6.07) is 15.0. The molecule has 0 saturated heterocycles. The summed E-state index contributed by atoms with van der Waals surface area (Å²) >= 11 is 0. The van der Waals surface area contributed by atoms with Gasteiger partial charge in [-0.3, -0.25) is 4.79 Å². The zero-order chi connectivity index (χ0) is 17.5. The molecule has 2 aromatic carbocycles. The Balaban J connectivity index is 1.49. The summed E-state index contributed by atoms with van der Waals surface area (Å²) in [5.74, 6) is 1.19. The maximum absolute atomic E-state index is 12.0. The Bertz CT molecular complexity index is 814. The number of amides is 1. The number of para-hydroxylation sites is 1. The number of methoxy groups -OCH3 is 1. The Kier molecular flexibility index (Phi) is 5.31. The average molecular weight is 337 g/mol. The van der Waals surface area contributed by atoms with Gasteiger partial charge in [-0.1, -0.05) is 18.2 Å². The van der Waals surface area contributed by atoms with Gasteiger partial charge in [0, 0.05) is 30.2 Å². The topological polar surface area (TPSA) is 65.4 Å². The third-order valence-corrected chi connectivity index (χ3v) is 3.68. The van der Waals surface area contributed by atoms with Gasteiger partial charge in [0.25, 0.3) is 5.91 Å². The highest BCUT2D eigenvalue weighted by Crippen LogP contribution is 2.17. The van der Waals surface area contributed by atoms with Crippen LogP contribution in [-0.4, -0.2) is 29.2 Å². The Morgan fingerprint density at radius 1 is 1.16 bits per heavy atom. The molecule has 1 amide bonds. The molecule has 1 heterocycles. The summed E-state index contributed by atoms with van der Waals surface area (Å²) in [5.41, 5.74) is 1.90. The number of hydrogen-bond acceptors (Lipinski definition) is 4. The van der Waals surface area contributed by atoms with Crippen molar-refractivity contribution in [3.8, 4) is 17.2 Å². The fraction of sp³-hybridized carbons (Fsp3) is 0.158. The average Bonchev–Trinajstić information content (AvgIpc) is 3.20. The summed E-state index contributed by atoms with van der Waals surface area (Å²) in [4.78, 5) is 16.0. The summed E-state index contributed by atoms with van der Waals surface area (Å²) in [6.07, 6.45) is 5.30. The van der Waals surface area contributed by atoms with E-state index in [0.29, 0.717) is 12.3 Å². The molecule has 0 aliphatic heterocycles. The van der Waals surface area contributed by atoms with E-state index in [1.54, 1.807) is 19.6 Å². The van der Waals surface area contributed by atoms with Crippen LogP contribution in [0.4, 0.5) is 0 Å². The van der Waals surface area contributed by atoms with Crippen molar-refractivity contribution in [3.05, 3.63) is 72.8 Å². The molecule has 0 spiro atoms. The Morgan fingerprint density at radius 3 is 2.68 bits per heavy atom. The molecule has 0 atom stereocenters. The normalized spacial score (nSPS) is 10.3. The molecule has 3 aromatic rings. The van der Waals surface area contributed by atoms with E-state index in [4.69, 9.17) is 9.47 Å². The van der Waals surface area contributed by atoms with E-state index in [9.17, 15) is 4.79 Å². The van der Waals surface area contributed by atoms with Gasteiger partial charge in [-0.15, -0.1) is 0 Å². The lowest BCUT2D eigenvalue weighted by molar-refractivity contribution is -0.123. The van der Waals surface area contributed by atoms with Crippen molar-refractivity contribution in [2.24, 2.45) is 0 Å². The number of imidazole rings is 1. The number of ether oxygens (including phenoxy) is 2. The lowest BCUT2D eigenvalue weighted by Crippen LogP contribution is -2.28. The van der Waals surface area contributed by atoms with E-state index in [0.717, 1.165) is 17.0 Å².